The number of nitrogens with one attached hydrogen (secondary N) is 3. The monoisotopic (exact) mass is 410 g/mol. The highest BCUT2D eigenvalue weighted by Crippen LogP contribution is 2.35. The van der Waals surface area contributed by atoms with Gasteiger partial charge in [0.25, 0.3) is 0 Å². The summed E-state index contributed by atoms with van der Waals surface area (Å²) in [5.41, 5.74) is 3.57. The molecule has 150 valence electrons. The van der Waals surface area contributed by atoms with Crippen molar-refractivity contribution in [3.05, 3.63) is 35.6 Å². The lowest BCUT2D eigenvalue weighted by atomic mass is 10.1. The Hall–Kier alpha value is -2.84. The van der Waals surface area contributed by atoms with Crippen LogP contribution in [0, 0.1) is 0 Å². The lowest BCUT2D eigenvalue weighted by molar-refractivity contribution is 0.407. The number of hydrogen-bond donors (Lipinski definition) is 3. The van der Waals surface area contributed by atoms with Crippen LogP contribution in [0.25, 0.3) is 21.9 Å². The van der Waals surface area contributed by atoms with Crippen LogP contribution in [-0.4, -0.2) is 50.1 Å². The van der Waals surface area contributed by atoms with Gasteiger partial charge in [0.05, 0.1) is 27.8 Å². The van der Waals surface area contributed by atoms with Crippen molar-refractivity contribution in [2.24, 2.45) is 7.05 Å². The number of nitrogens with zero attached hydrogens (tertiary/aromatic N) is 5. The van der Waals surface area contributed by atoms with Crippen molar-refractivity contribution in [3.63, 3.8) is 0 Å². The van der Waals surface area contributed by atoms with Gasteiger partial charge >= 0.3 is 0 Å². The zero-order chi connectivity index (χ0) is 20.1. The van der Waals surface area contributed by atoms with Gasteiger partial charge in [-0.2, -0.15) is 10.2 Å². The van der Waals surface area contributed by atoms with Crippen molar-refractivity contribution in [1.29, 1.82) is 0 Å². The lowest BCUT2D eigenvalue weighted by Crippen LogP contribution is -2.54. The Labute approximate surface area is 173 Å². The zero-order valence-corrected chi connectivity index (χ0v) is 17.3. The Morgan fingerprint density at radius 1 is 1.17 bits per heavy atom. The van der Waals surface area contributed by atoms with E-state index in [1.807, 2.05) is 25.4 Å². The third kappa shape index (κ3) is 3.38. The second-order valence-corrected chi connectivity index (χ2v) is 8.27. The fourth-order valence-electron chi connectivity index (χ4n) is 4.14. The molecule has 9 heteroatoms. The first-order chi connectivity index (χ1) is 14.0. The largest absolute Gasteiger partial charge is 0.368 e. The second kappa shape index (κ2) is 6.89. The summed E-state index contributed by atoms with van der Waals surface area (Å²) in [6, 6.07) is 7.01. The predicted molar refractivity (Wildman–Crippen MR) is 117 cm³/mol. The van der Waals surface area contributed by atoms with E-state index in [9.17, 15) is 0 Å². The van der Waals surface area contributed by atoms with Crippen LogP contribution in [0.5, 0.6) is 0 Å². The first-order valence-electron chi connectivity index (χ1n) is 9.71. The lowest BCUT2D eigenvalue weighted by Gasteiger charge is -2.37. The Balaban J connectivity index is 1.47. The number of halogens is 1. The van der Waals surface area contributed by atoms with E-state index in [0.717, 1.165) is 40.8 Å². The number of H-pyrrole nitrogens is 1. The van der Waals surface area contributed by atoms with E-state index in [-0.39, 0.29) is 0 Å². The molecule has 0 unspecified atom stereocenters. The molecule has 5 rings (SSSR count). The number of pyridine rings is 1. The van der Waals surface area contributed by atoms with Crippen molar-refractivity contribution < 1.29 is 0 Å². The van der Waals surface area contributed by atoms with Crippen molar-refractivity contribution in [3.8, 4) is 0 Å². The summed E-state index contributed by atoms with van der Waals surface area (Å²) in [6.45, 7) is 6.30. The van der Waals surface area contributed by atoms with Crippen LogP contribution >= 0.6 is 11.6 Å². The molecule has 1 aliphatic rings. The molecule has 1 aromatic carbocycles. The summed E-state index contributed by atoms with van der Waals surface area (Å²) in [6.07, 6.45) is 3.69. The number of benzene rings is 1. The summed E-state index contributed by atoms with van der Waals surface area (Å²) in [4.78, 5) is 6.76. The van der Waals surface area contributed by atoms with Gasteiger partial charge < -0.3 is 15.5 Å². The first kappa shape index (κ1) is 18.2. The molecule has 1 saturated heterocycles. The van der Waals surface area contributed by atoms with E-state index in [4.69, 9.17) is 11.6 Å². The number of piperazine rings is 1. The maximum absolute atomic E-state index is 6.69. The van der Waals surface area contributed by atoms with Gasteiger partial charge in [0, 0.05) is 49.5 Å². The van der Waals surface area contributed by atoms with Crippen LogP contribution in [0.4, 0.5) is 17.2 Å². The van der Waals surface area contributed by atoms with Crippen LogP contribution in [0.1, 0.15) is 13.8 Å². The third-order valence-corrected chi connectivity index (χ3v) is 5.56. The molecule has 29 heavy (non-hydrogen) atoms. The molecule has 2 atom stereocenters. The third-order valence-electron chi connectivity index (χ3n) is 5.26. The Morgan fingerprint density at radius 3 is 2.76 bits per heavy atom. The van der Waals surface area contributed by atoms with Crippen LogP contribution in [0.15, 0.2) is 30.6 Å². The predicted octanol–water partition coefficient (Wildman–Crippen LogP) is 3.43. The Bertz CT molecular complexity index is 1190. The van der Waals surface area contributed by atoms with Crippen LogP contribution < -0.4 is 15.5 Å². The van der Waals surface area contributed by atoms with E-state index in [1.54, 1.807) is 10.9 Å². The highest BCUT2D eigenvalue weighted by molar-refractivity contribution is 6.36. The van der Waals surface area contributed by atoms with Crippen LogP contribution in [0.3, 0.4) is 0 Å². The van der Waals surface area contributed by atoms with Gasteiger partial charge in [-0.1, -0.05) is 11.6 Å². The second-order valence-electron chi connectivity index (χ2n) is 7.86. The highest BCUT2D eigenvalue weighted by atomic mass is 35.5. The fourth-order valence-corrected chi connectivity index (χ4v) is 4.44. The minimum absolute atomic E-state index is 0.433. The summed E-state index contributed by atoms with van der Waals surface area (Å²) in [5.74, 6) is 0.684. The minimum atomic E-state index is 0.433. The maximum atomic E-state index is 6.69. The van der Waals surface area contributed by atoms with Gasteiger partial charge in [-0.25, -0.2) is 4.98 Å². The molecule has 0 spiro atoms. The number of anilines is 3. The molecule has 3 N–H and O–H groups in total. The normalized spacial score (nSPS) is 19.9. The van der Waals surface area contributed by atoms with Gasteiger partial charge in [-0.05, 0) is 32.0 Å². The molecule has 0 bridgehead atoms. The molecular formula is C20H23ClN8. The van der Waals surface area contributed by atoms with Crippen molar-refractivity contribution in [2.45, 2.75) is 25.9 Å². The van der Waals surface area contributed by atoms with Gasteiger partial charge in [-0.3, -0.25) is 9.78 Å². The van der Waals surface area contributed by atoms with Crippen molar-refractivity contribution in [1.82, 2.24) is 30.3 Å². The van der Waals surface area contributed by atoms with Crippen molar-refractivity contribution in [2.75, 3.05) is 23.3 Å². The number of aromatic nitrogens is 5. The average molecular weight is 411 g/mol. The highest BCUT2D eigenvalue weighted by Gasteiger charge is 2.22. The van der Waals surface area contributed by atoms with E-state index < -0.39 is 0 Å². The molecule has 1 aliphatic heterocycles. The van der Waals surface area contributed by atoms with E-state index in [2.05, 4.69) is 55.7 Å². The number of hydrogen-bond acceptors (Lipinski definition) is 6. The number of aromatic amines is 1. The van der Waals surface area contributed by atoms with Gasteiger partial charge in [0.2, 0.25) is 0 Å². The average Bonchev–Trinajstić information content (AvgIpc) is 3.23. The molecule has 4 heterocycles. The minimum Gasteiger partial charge on any atom is -0.368 e. The van der Waals surface area contributed by atoms with Crippen LogP contribution in [-0.2, 0) is 7.05 Å². The molecule has 8 nitrogen and oxygen atoms in total. The smallest absolute Gasteiger partial charge is 0.181 e. The summed E-state index contributed by atoms with van der Waals surface area (Å²) in [5, 5.41) is 21.3. The molecular weight excluding hydrogens is 388 g/mol. The fraction of sp³-hybridized carbons (Fsp3) is 0.350. The number of fused-ring (bicyclic) bond motifs is 2. The summed E-state index contributed by atoms with van der Waals surface area (Å²) in [7, 11) is 1.88. The number of rotatable bonds is 3. The zero-order valence-electron chi connectivity index (χ0n) is 16.6. The molecule has 4 aromatic rings. The molecule has 0 saturated carbocycles. The van der Waals surface area contributed by atoms with E-state index in [0.29, 0.717) is 28.6 Å². The standard InChI is InChI=1S/C20H23ClN8/c1-11-8-29(9-12(2)23-11)15-5-16(21)18-17(6-15)25-26-20(18)24-14-4-13-10-28(3)27-19(13)22-7-14/h4-7,10-12,23H,8-9H2,1-3H3,(H2,24,25,26)/t11-,12-/m0/s1. The molecule has 3 aromatic heterocycles. The Kier molecular flexibility index (Phi) is 4.33. The summed E-state index contributed by atoms with van der Waals surface area (Å²) < 4.78 is 1.75. The van der Waals surface area contributed by atoms with Crippen LogP contribution in [0.2, 0.25) is 5.02 Å². The van der Waals surface area contributed by atoms with Gasteiger partial charge in [0.15, 0.2) is 11.5 Å². The molecule has 0 radical (unpaired) electrons. The van der Waals surface area contributed by atoms with Gasteiger partial charge in [0.1, 0.15) is 0 Å². The molecule has 1 fully saturated rings. The maximum Gasteiger partial charge on any atom is 0.181 e. The van der Waals surface area contributed by atoms with E-state index in [1.165, 1.54) is 0 Å². The van der Waals surface area contributed by atoms with Crippen molar-refractivity contribution >= 4 is 50.7 Å². The number of aryl methyl sites for hydroxylation is 1. The van der Waals surface area contributed by atoms with Gasteiger partial charge in [-0.15, -0.1) is 0 Å². The first-order valence-corrected chi connectivity index (χ1v) is 10.1. The molecule has 0 aliphatic carbocycles. The SMILES string of the molecule is C[C@H]1CN(c2cc(Cl)c3c(Nc4cnc5nn(C)cc5c4)n[nH]c3c2)C[C@H](C)N1. The quantitative estimate of drug-likeness (QED) is 0.479. The van der Waals surface area contributed by atoms with E-state index >= 15 is 0 Å². The Morgan fingerprint density at radius 2 is 1.97 bits per heavy atom. The topological polar surface area (TPSA) is 86.7 Å². The molecule has 0 amide bonds. The summed E-state index contributed by atoms with van der Waals surface area (Å²) >= 11 is 6.69.